The molecular formula is C40H43F3IN7O5. The molecule has 0 saturated carbocycles. The molecule has 16 heteroatoms. The maximum Gasteiger partial charge on any atom is 0.417 e. The minimum atomic E-state index is -4.95. The van der Waals surface area contributed by atoms with Crippen molar-refractivity contribution in [3.05, 3.63) is 103 Å². The van der Waals surface area contributed by atoms with Crippen LogP contribution >= 0.6 is 22.6 Å². The number of hydrogen-bond acceptors (Lipinski definition) is 10. The zero-order chi connectivity index (χ0) is 40.5. The summed E-state index contributed by atoms with van der Waals surface area (Å²) in [7, 11) is 3.16. The van der Waals surface area contributed by atoms with Crippen LogP contribution in [0.25, 0.3) is 16.8 Å². The number of carbonyl (C=O) groups excluding carboxylic acids is 1. The first kappa shape index (κ1) is 40.5. The number of amides is 1. The van der Waals surface area contributed by atoms with Crippen LogP contribution in [0, 0.1) is 10.5 Å². The van der Waals surface area contributed by atoms with Gasteiger partial charge in [0.25, 0.3) is 5.56 Å². The smallest absolute Gasteiger partial charge is 0.417 e. The van der Waals surface area contributed by atoms with Crippen molar-refractivity contribution < 1.29 is 32.2 Å². The first-order valence-electron chi connectivity index (χ1n) is 17.9. The Kier molecular flexibility index (Phi) is 11.7. The van der Waals surface area contributed by atoms with E-state index < -0.39 is 34.6 Å². The van der Waals surface area contributed by atoms with E-state index in [4.69, 9.17) is 19.2 Å². The molecule has 4 heterocycles. The van der Waals surface area contributed by atoms with E-state index in [9.17, 15) is 9.59 Å². The predicted octanol–water partition coefficient (Wildman–Crippen LogP) is 7.75. The summed E-state index contributed by atoms with van der Waals surface area (Å²) < 4.78 is 63.2. The lowest BCUT2D eigenvalue weighted by molar-refractivity contribution is -0.137. The molecule has 1 atom stereocenters. The Labute approximate surface area is 336 Å². The molecule has 0 aliphatic carbocycles. The topological polar surface area (TPSA) is 115 Å². The number of aromatic nitrogens is 4. The number of alkyl halides is 3. The van der Waals surface area contributed by atoms with Crippen LogP contribution in [-0.4, -0.2) is 76.1 Å². The lowest BCUT2D eigenvalue weighted by atomic mass is 10.0. The Bertz CT molecular complexity index is 2230. The summed E-state index contributed by atoms with van der Waals surface area (Å²) in [6.07, 6.45) is -4.28. The number of methoxy groups -OCH3 is 2. The quantitative estimate of drug-likeness (QED) is 0.136. The largest absolute Gasteiger partial charge is 0.497 e. The predicted molar refractivity (Wildman–Crippen MR) is 215 cm³/mol. The molecule has 1 aliphatic rings. The highest BCUT2D eigenvalue weighted by Crippen LogP contribution is 2.40. The zero-order valence-corrected chi connectivity index (χ0v) is 34.3. The highest BCUT2D eigenvalue weighted by molar-refractivity contribution is 14.1. The normalized spacial score (nSPS) is 14.9. The van der Waals surface area contributed by atoms with E-state index in [2.05, 4.69) is 10.1 Å². The minimum absolute atomic E-state index is 0.110. The molecule has 0 bridgehead atoms. The van der Waals surface area contributed by atoms with E-state index in [0.717, 1.165) is 28.0 Å². The summed E-state index contributed by atoms with van der Waals surface area (Å²) in [5, 5.41) is 4.16. The van der Waals surface area contributed by atoms with Gasteiger partial charge in [0.1, 0.15) is 34.8 Å². The van der Waals surface area contributed by atoms with Crippen molar-refractivity contribution >= 4 is 45.8 Å². The summed E-state index contributed by atoms with van der Waals surface area (Å²) in [5.74, 6) is 1.88. The molecular weight excluding hydrogens is 842 g/mol. The van der Waals surface area contributed by atoms with Crippen molar-refractivity contribution in [2.24, 2.45) is 0 Å². The van der Waals surface area contributed by atoms with Gasteiger partial charge in [0.05, 0.1) is 31.0 Å². The third-order valence-corrected chi connectivity index (χ3v) is 10.7. The average Bonchev–Trinajstić information content (AvgIpc) is 3.15. The number of fused-ring (bicyclic) bond motifs is 1. The molecule has 12 nitrogen and oxygen atoms in total. The number of benzene rings is 2. The number of nitrogens with zero attached hydrogens (tertiary/aromatic N) is 7. The van der Waals surface area contributed by atoms with Crippen LogP contribution in [0.4, 0.5) is 29.6 Å². The fourth-order valence-electron chi connectivity index (χ4n) is 6.60. The molecule has 296 valence electrons. The zero-order valence-electron chi connectivity index (χ0n) is 32.1. The van der Waals surface area contributed by atoms with Gasteiger partial charge in [0.2, 0.25) is 0 Å². The molecule has 0 unspecified atom stereocenters. The minimum Gasteiger partial charge on any atom is -0.497 e. The molecule has 1 saturated heterocycles. The second-order valence-electron chi connectivity index (χ2n) is 14.6. The van der Waals surface area contributed by atoms with Crippen LogP contribution in [0.5, 0.6) is 11.5 Å². The van der Waals surface area contributed by atoms with Gasteiger partial charge in [-0.05, 0) is 110 Å². The molecule has 6 rings (SSSR count). The van der Waals surface area contributed by atoms with Crippen molar-refractivity contribution in [2.45, 2.75) is 65.5 Å². The van der Waals surface area contributed by atoms with Gasteiger partial charge in [-0.2, -0.15) is 22.8 Å². The highest BCUT2D eigenvalue weighted by Gasteiger charge is 2.39. The maximum absolute atomic E-state index is 15.2. The van der Waals surface area contributed by atoms with Crippen molar-refractivity contribution in [1.29, 1.82) is 0 Å². The molecule has 1 fully saturated rings. The van der Waals surface area contributed by atoms with Gasteiger partial charge in [-0.3, -0.25) is 4.79 Å². The lowest BCUT2D eigenvalue weighted by Gasteiger charge is -2.41. The van der Waals surface area contributed by atoms with E-state index in [-0.39, 0.29) is 42.7 Å². The number of pyridine rings is 2. The Balaban J connectivity index is 1.45. The van der Waals surface area contributed by atoms with E-state index in [1.807, 2.05) is 89.0 Å². The van der Waals surface area contributed by atoms with Crippen molar-refractivity contribution in [3.63, 3.8) is 0 Å². The van der Waals surface area contributed by atoms with E-state index in [1.165, 1.54) is 0 Å². The Hall–Kier alpha value is -5.13. The molecule has 2 aromatic carbocycles. The van der Waals surface area contributed by atoms with Crippen LogP contribution in [0.15, 0.2) is 71.8 Å². The van der Waals surface area contributed by atoms with Gasteiger partial charge < -0.3 is 28.9 Å². The van der Waals surface area contributed by atoms with Crippen molar-refractivity contribution in [3.8, 4) is 22.8 Å². The Morgan fingerprint density at radius 2 is 1.54 bits per heavy atom. The van der Waals surface area contributed by atoms with Gasteiger partial charge in [0.15, 0.2) is 5.82 Å². The average molecular weight is 886 g/mol. The number of rotatable bonds is 9. The van der Waals surface area contributed by atoms with E-state index in [1.54, 1.807) is 51.7 Å². The SMILES string of the molecule is COc1ccc(CN(Cc2ccc(OC)cc2)c2cc(C)c(I)c(-c3c(C(F)(F)F)cc4c(N5CCN(C(=O)OC(C)(C)C)C[C@@H]5C)ncnn4c3=O)n2)cc1. The highest BCUT2D eigenvalue weighted by atomic mass is 127. The summed E-state index contributed by atoms with van der Waals surface area (Å²) >= 11 is 1.95. The summed E-state index contributed by atoms with van der Waals surface area (Å²) in [5.41, 5.74) is -1.23. The van der Waals surface area contributed by atoms with Crippen LogP contribution in [0.1, 0.15) is 49.9 Å². The monoisotopic (exact) mass is 885 g/mol. The van der Waals surface area contributed by atoms with Crippen LogP contribution in [-0.2, 0) is 24.0 Å². The number of hydrogen-bond donors (Lipinski definition) is 0. The number of carbonyl (C=O) groups is 1. The molecule has 5 aromatic rings. The van der Waals surface area contributed by atoms with Crippen LogP contribution in [0.2, 0.25) is 0 Å². The van der Waals surface area contributed by atoms with Gasteiger partial charge in [-0.25, -0.2) is 14.8 Å². The fraction of sp³-hybridized carbons (Fsp3) is 0.375. The molecule has 0 N–H and O–H groups in total. The molecule has 1 aliphatic heterocycles. The molecule has 1 amide bonds. The summed E-state index contributed by atoms with van der Waals surface area (Å²) in [4.78, 5) is 41.7. The van der Waals surface area contributed by atoms with Gasteiger partial charge in [-0.1, -0.05) is 24.3 Å². The summed E-state index contributed by atoms with van der Waals surface area (Å²) in [6.45, 7) is 10.3. The number of anilines is 2. The molecule has 0 radical (unpaired) electrons. The second-order valence-corrected chi connectivity index (χ2v) is 15.7. The molecule has 56 heavy (non-hydrogen) atoms. The first-order valence-corrected chi connectivity index (χ1v) is 19.0. The van der Waals surface area contributed by atoms with Gasteiger partial charge >= 0.3 is 12.3 Å². The van der Waals surface area contributed by atoms with Crippen molar-refractivity contribution in [1.82, 2.24) is 24.5 Å². The Morgan fingerprint density at radius 3 is 2.05 bits per heavy atom. The standard InChI is InChI=1S/C40H43F3IN7O5/c1-24-18-32(49(21-26-8-12-28(54-6)13-9-26)22-27-10-14-29(55-7)15-11-27)47-35(34(24)44)33-30(40(41,42)43)19-31-36(45-23-46-51(31)37(33)52)50-17-16-48(20-25(50)2)38(53)56-39(3,4)5/h8-15,18-19,23,25H,16-17,20-22H2,1-7H3/t25-/m0/s1. The number of halogens is 4. The third-order valence-electron chi connectivity index (χ3n) is 9.37. The second kappa shape index (κ2) is 16.2. The number of ether oxygens (including phenoxy) is 3. The third kappa shape index (κ3) is 8.79. The molecule has 3 aromatic heterocycles. The van der Waals surface area contributed by atoms with Crippen LogP contribution in [0.3, 0.4) is 0 Å². The Morgan fingerprint density at radius 1 is 0.946 bits per heavy atom. The van der Waals surface area contributed by atoms with Gasteiger partial charge in [-0.15, -0.1) is 0 Å². The van der Waals surface area contributed by atoms with Gasteiger partial charge in [0, 0.05) is 42.3 Å². The maximum atomic E-state index is 15.2. The van der Waals surface area contributed by atoms with Crippen LogP contribution < -0.4 is 24.8 Å². The lowest BCUT2D eigenvalue weighted by Crippen LogP contribution is -2.55. The van der Waals surface area contributed by atoms with E-state index >= 15 is 13.2 Å². The fourth-order valence-corrected chi connectivity index (χ4v) is 7.14. The first-order chi connectivity index (χ1) is 26.5. The molecule has 0 spiro atoms. The summed E-state index contributed by atoms with van der Waals surface area (Å²) in [6, 6.07) is 17.3. The van der Waals surface area contributed by atoms with E-state index in [0.29, 0.717) is 39.5 Å². The number of aryl methyl sites for hydroxylation is 1. The van der Waals surface area contributed by atoms with Crippen molar-refractivity contribution in [2.75, 3.05) is 43.7 Å². The number of piperazine rings is 1.